The third-order valence-corrected chi connectivity index (χ3v) is 4.84. The van der Waals surface area contributed by atoms with Gasteiger partial charge in [0.2, 0.25) is 5.79 Å². The highest BCUT2D eigenvalue weighted by Crippen LogP contribution is 2.36. The Morgan fingerprint density at radius 1 is 1.24 bits per heavy atom. The van der Waals surface area contributed by atoms with Gasteiger partial charge in [0.15, 0.2) is 0 Å². The van der Waals surface area contributed by atoms with Gasteiger partial charge in [-0.1, -0.05) is 29.8 Å². The van der Waals surface area contributed by atoms with Gasteiger partial charge in [0.05, 0.1) is 30.3 Å². The second-order valence-electron chi connectivity index (χ2n) is 6.91. The van der Waals surface area contributed by atoms with Gasteiger partial charge in [-0.3, -0.25) is 0 Å². The van der Waals surface area contributed by atoms with E-state index in [1.54, 1.807) is 12.5 Å². The van der Waals surface area contributed by atoms with Crippen LogP contribution in [-0.2, 0) is 21.8 Å². The van der Waals surface area contributed by atoms with Crippen LogP contribution >= 0.6 is 12.2 Å². The minimum atomic E-state index is -0.875. The first kappa shape index (κ1) is 19.5. The van der Waals surface area contributed by atoms with Crippen LogP contribution in [0.15, 0.2) is 72.2 Å². The first-order chi connectivity index (χ1) is 14.2. The fourth-order valence-electron chi connectivity index (χ4n) is 3.26. The number of benzene rings is 2. The van der Waals surface area contributed by atoms with Crippen molar-refractivity contribution >= 4 is 23.1 Å². The number of aromatic nitrogens is 2. The Hall–Kier alpha value is -2.83. The average Bonchev–Trinajstić information content (AvgIpc) is 3.39. The van der Waals surface area contributed by atoms with Gasteiger partial charge in [-0.25, -0.2) is 4.98 Å². The van der Waals surface area contributed by atoms with Crippen molar-refractivity contribution < 1.29 is 14.2 Å². The number of hydrogen-bond donors (Lipinski definition) is 0. The highest BCUT2D eigenvalue weighted by Gasteiger charge is 2.44. The fraction of sp³-hybridized carbons (Fsp3) is 0.273. The summed E-state index contributed by atoms with van der Waals surface area (Å²) in [6.07, 6.45) is 5.21. The predicted octanol–water partition coefficient (Wildman–Crippen LogP) is 4.27. The van der Waals surface area contributed by atoms with E-state index in [1.165, 1.54) is 5.56 Å². The third-order valence-electron chi connectivity index (χ3n) is 4.75. The molecule has 7 heteroatoms. The largest absolute Gasteiger partial charge is 0.491 e. The molecule has 29 heavy (non-hydrogen) atoms. The smallest absolute Gasteiger partial charge is 0.214 e. The molecule has 3 aromatic rings. The highest BCUT2D eigenvalue weighted by atomic mass is 32.1. The van der Waals surface area contributed by atoms with E-state index in [0.29, 0.717) is 19.8 Å². The van der Waals surface area contributed by atoms with Gasteiger partial charge >= 0.3 is 0 Å². The maximum absolute atomic E-state index is 6.39. The normalized spacial score (nSPS) is 20.9. The van der Waals surface area contributed by atoms with Crippen molar-refractivity contribution in [3.05, 3.63) is 78.4 Å². The lowest BCUT2D eigenvalue weighted by Gasteiger charge is -2.29. The second kappa shape index (κ2) is 8.68. The van der Waals surface area contributed by atoms with Crippen LogP contribution in [0.1, 0.15) is 11.1 Å². The Labute approximate surface area is 174 Å². The van der Waals surface area contributed by atoms with Crippen LogP contribution in [0.4, 0.5) is 5.69 Å². The fourth-order valence-corrected chi connectivity index (χ4v) is 3.36. The van der Waals surface area contributed by atoms with Gasteiger partial charge in [0.25, 0.3) is 0 Å². The van der Waals surface area contributed by atoms with E-state index in [-0.39, 0.29) is 6.10 Å². The van der Waals surface area contributed by atoms with Crippen molar-refractivity contribution in [2.75, 3.05) is 13.2 Å². The lowest BCUT2D eigenvalue weighted by molar-refractivity contribution is -0.189. The number of hydrogen-bond acceptors (Lipinski definition) is 6. The molecule has 0 N–H and O–H groups in total. The average molecular weight is 407 g/mol. The molecule has 2 unspecified atom stereocenters. The second-order valence-corrected chi connectivity index (χ2v) is 7.10. The maximum atomic E-state index is 6.39. The molecular weight excluding hydrogens is 386 g/mol. The summed E-state index contributed by atoms with van der Waals surface area (Å²) in [6, 6.07) is 15.6. The number of ether oxygens (including phenoxy) is 3. The van der Waals surface area contributed by atoms with Crippen molar-refractivity contribution in [2.45, 2.75) is 25.4 Å². The van der Waals surface area contributed by atoms with Crippen molar-refractivity contribution in [1.82, 2.24) is 9.55 Å². The third kappa shape index (κ3) is 4.60. The number of thiocarbonyl (C=S) groups is 1. The van der Waals surface area contributed by atoms with E-state index in [0.717, 1.165) is 17.0 Å². The summed E-state index contributed by atoms with van der Waals surface area (Å²) in [5.41, 5.74) is 2.90. The molecule has 1 aromatic heterocycles. The molecule has 2 aromatic carbocycles. The lowest BCUT2D eigenvalue weighted by atomic mass is 10.0. The molecule has 0 saturated carbocycles. The summed E-state index contributed by atoms with van der Waals surface area (Å²) in [6.45, 7) is 3.39. The Balaban J connectivity index is 1.46. The molecule has 0 bridgehead atoms. The zero-order valence-corrected chi connectivity index (χ0v) is 16.8. The van der Waals surface area contributed by atoms with Gasteiger partial charge in [-0.15, -0.1) is 0 Å². The minimum absolute atomic E-state index is 0.196. The topological polar surface area (TPSA) is 57.9 Å². The van der Waals surface area contributed by atoms with Crippen LogP contribution in [0.5, 0.6) is 5.75 Å². The molecule has 1 aliphatic rings. The standard InChI is InChI=1S/C22H21N3O3S/c1-17-2-4-18(5-3-17)22(14-25-11-10-23-15-25)27-13-21(28-22)12-26-20-8-6-19(7-9-20)24-16-29/h2-11,15,21H,12-14H2,1H3. The molecule has 148 valence electrons. The van der Waals surface area contributed by atoms with Crippen molar-refractivity contribution in [2.24, 2.45) is 4.99 Å². The number of aliphatic imine (C=N–C) groups is 1. The lowest BCUT2D eigenvalue weighted by Crippen LogP contribution is -2.34. The molecule has 1 aliphatic heterocycles. The summed E-state index contributed by atoms with van der Waals surface area (Å²) in [5, 5.41) is 2.35. The Morgan fingerprint density at radius 2 is 2.03 bits per heavy atom. The van der Waals surface area contributed by atoms with Gasteiger partial charge in [0, 0.05) is 18.0 Å². The van der Waals surface area contributed by atoms with Crippen LogP contribution in [0.2, 0.25) is 0 Å². The van der Waals surface area contributed by atoms with Crippen LogP contribution in [0.3, 0.4) is 0 Å². The van der Waals surface area contributed by atoms with E-state index in [4.69, 9.17) is 14.2 Å². The van der Waals surface area contributed by atoms with Crippen molar-refractivity contribution in [3.8, 4) is 5.75 Å². The molecule has 1 saturated heterocycles. The molecule has 6 nitrogen and oxygen atoms in total. The van der Waals surface area contributed by atoms with E-state index in [2.05, 4.69) is 46.4 Å². The first-order valence-electron chi connectivity index (χ1n) is 9.32. The quantitative estimate of drug-likeness (QED) is 0.432. The predicted molar refractivity (Wildman–Crippen MR) is 113 cm³/mol. The maximum Gasteiger partial charge on any atom is 0.214 e. The molecule has 0 amide bonds. The van der Waals surface area contributed by atoms with Gasteiger partial charge in [-0.2, -0.15) is 4.99 Å². The first-order valence-corrected chi connectivity index (χ1v) is 9.73. The molecule has 2 atom stereocenters. The van der Waals surface area contributed by atoms with Crippen LogP contribution in [-0.4, -0.2) is 34.0 Å². The number of aryl methyl sites for hydroxylation is 1. The van der Waals surface area contributed by atoms with Crippen LogP contribution in [0.25, 0.3) is 0 Å². The summed E-state index contributed by atoms with van der Waals surface area (Å²) >= 11 is 4.62. The zero-order valence-electron chi connectivity index (χ0n) is 16.0. The van der Waals surface area contributed by atoms with Crippen molar-refractivity contribution in [3.63, 3.8) is 0 Å². The summed E-state index contributed by atoms with van der Waals surface area (Å²) in [7, 11) is 0. The summed E-state index contributed by atoms with van der Waals surface area (Å²) < 4.78 is 20.5. The van der Waals surface area contributed by atoms with Crippen LogP contribution < -0.4 is 4.74 Å². The molecule has 0 aliphatic carbocycles. The Kier molecular flexibility index (Phi) is 5.83. The van der Waals surface area contributed by atoms with Gasteiger partial charge in [-0.05, 0) is 43.4 Å². The van der Waals surface area contributed by atoms with E-state index >= 15 is 0 Å². The summed E-state index contributed by atoms with van der Waals surface area (Å²) in [5.74, 6) is -0.139. The summed E-state index contributed by atoms with van der Waals surface area (Å²) in [4.78, 5) is 8.06. The van der Waals surface area contributed by atoms with E-state index in [1.807, 2.05) is 47.2 Å². The molecule has 1 fully saturated rings. The van der Waals surface area contributed by atoms with Gasteiger partial charge < -0.3 is 18.8 Å². The van der Waals surface area contributed by atoms with Crippen LogP contribution in [0, 0.1) is 6.92 Å². The highest BCUT2D eigenvalue weighted by molar-refractivity contribution is 7.78. The SMILES string of the molecule is Cc1ccc(C2(Cn3ccnc3)OCC(COc3ccc(N=C=S)cc3)O2)cc1. The number of imidazole rings is 1. The molecule has 2 heterocycles. The van der Waals surface area contributed by atoms with E-state index < -0.39 is 5.79 Å². The molecule has 4 rings (SSSR count). The van der Waals surface area contributed by atoms with Crippen molar-refractivity contribution in [1.29, 1.82) is 0 Å². The molecule has 0 radical (unpaired) electrons. The Morgan fingerprint density at radius 3 is 2.72 bits per heavy atom. The Bertz CT molecular complexity index is 983. The number of nitrogens with zero attached hydrogens (tertiary/aromatic N) is 3. The monoisotopic (exact) mass is 407 g/mol. The minimum Gasteiger partial charge on any atom is -0.491 e. The van der Waals surface area contributed by atoms with E-state index in [9.17, 15) is 0 Å². The number of isothiocyanates is 1. The number of rotatable bonds is 7. The zero-order chi connectivity index (χ0) is 20.1. The molecular formula is C22H21N3O3S. The van der Waals surface area contributed by atoms with Gasteiger partial charge in [0.1, 0.15) is 18.5 Å². The molecule has 0 spiro atoms.